The lowest BCUT2D eigenvalue weighted by atomic mass is 9.98. The molecule has 0 atom stereocenters. The maximum absolute atomic E-state index is 11.7. The first-order valence-corrected chi connectivity index (χ1v) is 11.2. The summed E-state index contributed by atoms with van der Waals surface area (Å²) in [5, 5.41) is 3.93. The summed E-state index contributed by atoms with van der Waals surface area (Å²) in [4.78, 5) is 28.5. The number of aromatic nitrogens is 5. The highest BCUT2D eigenvalue weighted by molar-refractivity contribution is 6.30. The minimum absolute atomic E-state index is 0.194. The molecule has 0 saturated heterocycles. The van der Waals surface area contributed by atoms with Crippen LogP contribution in [0.3, 0.4) is 0 Å². The van der Waals surface area contributed by atoms with E-state index in [0.29, 0.717) is 27.9 Å². The lowest BCUT2D eigenvalue weighted by Crippen LogP contribution is -2.06. The van der Waals surface area contributed by atoms with E-state index >= 15 is 0 Å². The summed E-state index contributed by atoms with van der Waals surface area (Å²) in [7, 11) is 1.93. The van der Waals surface area contributed by atoms with E-state index < -0.39 is 0 Å². The Balaban J connectivity index is 1.58. The molecule has 0 fully saturated rings. The number of rotatable bonds is 6. The van der Waals surface area contributed by atoms with Crippen LogP contribution in [0.25, 0.3) is 33.4 Å². The number of carbonyl (C=O) groups excluding carboxylic acids is 1. The molecule has 178 valence electrons. The molecule has 2 aromatic carbocycles. The molecule has 0 aliphatic heterocycles. The maximum Gasteiger partial charge on any atom is 0.321 e. The Hall–Kier alpha value is -4.76. The number of hydrogen-bond donors (Lipinski definition) is 2. The molecule has 0 bridgehead atoms. The molecule has 1 amide bonds. The minimum atomic E-state index is -0.276. The summed E-state index contributed by atoms with van der Waals surface area (Å²) >= 11 is 5.84. The number of amides is 1. The van der Waals surface area contributed by atoms with Crippen LogP contribution < -0.4 is 15.8 Å². The third-order valence-corrected chi connectivity index (χ3v) is 5.75. The molecule has 36 heavy (non-hydrogen) atoms. The number of halogens is 1. The van der Waals surface area contributed by atoms with Gasteiger partial charge in [0.05, 0.1) is 28.5 Å². The summed E-state index contributed by atoms with van der Waals surface area (Å²) in [6.45, 7) is 3.48. The highest BCUT2D eigenvalue weighted by Gasteiger charge is 2.22. The number of nitrogen functional groups attached to an aromatic ring is 1. The Bertz CT molecular complexity index is 1580. The van der Waals surface area contributed by atoms with Gasteiger partial charge >= 0.3 is 6.01 Å². The van der Waals surface area contributed by atoms with Gasteiger partial charge in [0.2, 0.25) is 5.91 Å². The zero-order chi connectivity index (χ0) is 25.2. The van der Waals surface area contributed by atoms with Crippen molar-refractivity contribution >= 4 is 40.0 Å². The number of ether oxygens (including phenoxy) is 1. The average molecular weight is 498 g/mol. The Morgan fingerprint density at radius 3 is 2.36 bits per heavy atom. The van der Waals surface area contributed by atoms with E-state index in [2.05, 4.69) is 31.8 Å². The van der Waals surface area contributed by atoms with Gasteiger partial charge in [-0.3, -0.25) is 4.79 Å². The number of nitrogens with two attached hydrogens (primary N) is 1. The smallest absolute Gasteiger partial charge is 0.321 e. The van der Waals surface area contributed by atoms with Gasteiger partial charge in [-0.05, 0) is 41.5 Å². The molecule has 3 N–H and O–H groups in total. The topological polar surface area (TPSA) is 121 Å². The number of carbonyl (C=O) groups is 1. The molecule has 9 nitrogen and oxygen atoms in total. The van der Waals surface area contributed by atoms with Gasteiger partial charge in [-0.2, -0.15) is 0 Å². The number of nitrogens with one attached hydrogen (secondary N) is 1. The fourth-order valence-electron chi connectivity index (χ4n) is 3.95. The Morgan fingerprint density at radius 1 is 1.03 bits per heavy atom. The highest BCUT2D eigenvalue weighted by atomic mass is 35.5. The molecule has 3 aromatic heterocycles. The number of hydrogen-bond acceptors (Lipinski definition) is 7. The second-order valence-electron chi connectivity index (χ2n) is 7.82. The molecular weight excluding hydrogens is 478 g/mol. The zero-order valence-corrected chi connectivity index (χ0v) is 19.9. The van der Waals surface area contributed by atoms with E-state index in [1.165, 1.54) is 24.8 Å². The third-order valence-electron chi connectivity index (χ3n) is 5.56. The van der Waals surface area contributed by atoms with Crippen molar-refractivity contribution < 1.29 is 9.53 Å². The van der Waals surface area contributed by atoms with Gasteiger partial charge in [0.1, 0.15) is 23.5 Å². The third kappa shape index (κ3) is 4.35. The molecule has 0 spiro atoms. The van der Waals surface area contributed by atoms with Gasteiger partial charge in [0.15, 0.2) is 0 Å². The second-order valence-corrected chi connectivity index (χ2v) is 8.26. The van der Waals surface area contributed by atoms with Gasteiger partial charge in [0.25, 0.3) is 0 Å². The molecular formula is C26H20ClN7O2. The van der Waals surface area contributed by atoms with Crippen molar-refractivity contribution in [2.45, 2.75) is 0 Å². The first-order valence-electron chi connectivity index (χ1n) is 10.8. The predicted molar refractivity (Wildman–Crippen MR) is 140 cm³/mol. The quantitative estimate of drug-likeness (QED) is 0.307. The van der Waals surface area contributed by atoms with Crippen molar-refractivity contribution in [2.24, 2.45) is 7.05 Å². The van der Waals surface area contributed by atoms with Gasteiger partial charge in [-0.1, -0.05) is 42.4 Å². The van der Waals surface area contributed by atoms with Crippen LogP contribution in [0.5, 0.6) is 11.8 Å². The predicted octanol–water partition coefficient (Wildman–Crippen LogP) is 5.24. The lowest BCUT2D eigenvalue weighted by Gasteiger charge is -2.11. The molecule has 5 aromatic rings. The van der Waals surface area contributed by atoms with Gasteiger partial charge in [-0.25, -0.2) is 19.9 Å². The van der Waals surface area contributed by atoms with Gasteiger partial charge < -0.3 is 20.4 Å². The first kappa shape index (κ1) is 23.0. The van der Waals surface area contributed by atoms with Crippen molar-refractivity contribution in [3.05, 3.63) is 84.9 Å². The van der Waals surface area contributed by atoms with Crippen LogP contribution in [0.4, 0.5) is 11.5 Å². The molecule has 0 saturated carbocycles. The minimum Gasteiger partial charge on any atom is -0.424 e. The average Bonchev–Trinajstić information content (AvgIpc) is 3.20. The number of anilines is 2. The van der Waals surface area contributed by atoms with Crippen LogP contribution in [0.1, 0.15) is 0 Å². The number of aryl methyl sites for hydroxylation is 1. The van der Waals surface area contributed by atoms with Crippen LogP contribution >= 0.6 is 11.6 Å². The fraction of sp³-hybridized carbons (Fsp3) is 0.0385. The van der Waals surface area contributed by atoms with E-state index in [-0.39, 0.29) is 11.9 Å². The molecule has 0 aliphatic rings. The van der Waals surface area contributed by atoms with Crippen molar-refractivity contribution in [3.63, 3.8) is 0 Å². The van der Waals surface area contributed by atoms with E-state index in [1.54, 1.807) is 0 Å². The van der Waals surface area contributed by atoms with Crippen LogP contribution in [-0.2, 0) is 11.8 Å². The van der Waals surface area contributed by atoms with E-state index in [0.717, 1.165) is 27.8 Å². The summed E-state index contributed by atoms with van der Waals surface area (Å²) in [6.07, 6.45) is 5.61. The standard InChI is InChI=1S/C26H20ClN7O2/c1-3-20(35)33-18-8-4-16(5-9-18)23-21(22-24(28)31-14-32-25(22)34(23)2)15-6-10-19(11-7-15)36-26-29-12-17(27)13-30-26/h3-14H,1H2,2H3,(H,33,35)(H2,28,31,32). The van der Waals surface area contributed by atoms with E-state index in [1.807, 2.05) is 60.1 Å². The Morgan fingerprint density at radius 2 is 1.69 bits per heavy atom. The number of fused-ring (bicyclic) bond motifs is 1. The molecule has 3 heterocycles. The molecule has 10 heteroatoms. The van der Waals surface area contributed by atoms with Gasteiger partial charge in [0, 0.05) is 18.3 Å². The highest BCUT2D eigenvalue weighted by Crippen LogP contribution is 2.42. The number of nitrogens with zero attached hydrogens (tertiary/aromatic N) is 5. The first-order chi connectivity index (χ1) is 17.4. The van der Waals surface area contributed by atoms with E-state index in [4.69, 9.17) is 22.1 Å². The lowest BCUT2D eigenvalue weighted by molar-refractivity contribution is -0.111. The molecule has 0 unspecified atom stereocenters. The maximum atomic E-state index is 11.7. The fourth-order valence-corrected chi connectivity index (χ4v) is 4.05. The Labute approximate surface area is 211 Å². The molecule has 5 rings (SSSR count). The van der Waals surface area contributed by atoms with E-state index in [9.17, 15) is 4.79 Å². The summed E-state index contributed by atoms with van der Waals surface area (Å²) in [6, 6.07) is 15.2. The van der Waals surface area contributed by atoms with Crippen molar-refractivity contribution in [1.29, 1.82) is 0 Å². The SMILES string of the molecule is C=CC(=O)Nc1ccc(-c2c(-c3ccc(Oc4ncc(Cl)cn4)cc3)c3c(N)ncnc3n2C)cc1. The van der Waals surface area contributed by atoms with Crippen molar-refractivity contribution in [2.75, 3.05) is 11.1 Å². The number of benzene rings is 2. The monoisotopic (exact) mass is 497 g/mol. The van der Waals surface area contributed by atoms with Gasteiger partial charge in [-0.15, -0.1) is 0 Å². The Kier molecular flexibility index (Phi) is 6.05. The van der Waals surface area contributed by atoms with Crippen LogP contribution in [0, 0.1) is 0 Å². The summed E-state index contributed by atoms with van der Waals surface area (Å²) in [5.74, 6) is 0.665. The van der Waals surface area contributed by atoms with Crippen LogP contribution in [-0.4, -0.2) is 30.4 Å². The van der Waals surface area contributed by atoms with Crippen LogP contribution in [0.15, 0.2) is 79.9 Å². The molecule has 0 aliphatic carbocycles. The largest absolute Gasteiger partial charge is 0.424 e. The van der Waals surface area contributed by atoms with Crippen molar-refractivity contribution in [3.8, 4) is 34.1 Å². The molecule has 0 radical (unpaired) electrons. The zero-order valence-electron chi connectivity index (χ0n) is 19.1. The summed E-state index contributed by atoms with van der Waals surface area (Å²) < 4.78 is 7.71. The second kappa shape index (κ2) is 9.47. The van der Waals surface area contributed by atoms with Crippen LogP contribution in [0.2, 0.25) is 5.02 Å². The van der Waals surface area contributed by atoms with Crippen molar-refractivity contribution in [1.82, 2.24) is 24.5 Å². The summed E-state index contributed by atoms with van der Waals surface area (Å²) in [5.41, 5.74) is 11.3. The normalized spacial score (nSPS) is 10.8.